The van der Waals surface area contributed by atoms with Crippen LogP contribution in [0.15, 0.2) is 54.6 Å². The van der Waals surface area contributed by atoms with Crippen molar-refractivity contribution in [1.29, 1.82) is 5.26 Å². The SMILES string of the molecule is CC(OC(=O)c1ccc(C(F)(F)F)cc1)C(=O)N(CCC#N)c1ccccc1. The van der Waals surface area contributed by atoms with Crippen LogP contribution in [0.2, 0.25) is 0 Å². The fourth-order valence-electron chi connectivity index (χ4n) is 2.43. The van der Waals surface area contributed by atoms with Crippen LogP contribution in [-0.4, -0.2) is 24.5 Å². The Morgan fingerprint density at radius 3 is 2.25 bits per heavy atom. The fraction of sp³-hybridized carbons (Fsp3) is 0.250. The first-order valence-corrected chi connectivity index (χ1v) is 8.35. The van der Waals surface area contributed by atoms with Crippen molar-refractivity contribution in [2.24, 2.45) is 0 Å². The van der Waals surface area contributed by atoms with Crippen LogP contribution in [0.5, 0.6) is 0 Å². The predicted octanol–water partition coefficient (Wildman–Crippen LogP) is 4.20. The Bertz CT molecular complexity index is 859. The average molecular weight is 390 g/mol. The molecule has 2 rings (SSSR count). The summed E-state index contributed by atoms with van der Waals surface area (Å²) < 4.78 is 42.9. The summed E-state index contributed by atoms with van der Waals surface area (Å²) >= 11 is 0. The van der Waals surface area contributed by atoms with Crippen LogP contribution in [0, 0.1) is 11.3 Å². The molecule has 0 aliphatic heterocycles. The molecule has 0 radical (unpaired) electrons. The van der Waals surface area contributed by atoms with Crippen molar-refractivity contribution < 1.29 is 27.5 Å². The highest BCUT2D eigenvalue weighted by atomic mass is 19.4. The highest BCUT2D eigenvalue weighted by Crippen LogP contribution is 2.29. The van der Waals surface area contributed by atoms with E-state index in [1.807, 2.05) is 6.07 Å². The highest BCUT2D eigenvalue weighted by molar-refractivity contribution is 5.99. The summed E-state index contributed by atoms with van der Waals surface area (Å²) in [4.78, 5) is 26.2. The van der Waals surface area contributed by atoms with Crippen molar-refractivity contribution in [3.05, 3.63) is 65.7 Å². The van der Waals surface area contributed by atoms with Crippen LogP contribution >= 0.6 is 0 Å². The van der Waals surface area contributed by atoms with E-state index in [4.69, 9.17) is 10.00 Å². The van der Waals surface area contributed by atoms with Crippen LogP contribution in [0.25, 0.3) is 0 Å². The number of hydrogen-bond donors (Lipinski definition) is 0. The van der Waals surface area contributed by atoms with Crippen molar-refractivity contribution in [1.82, 2.24) is 0 Å². The normalized spacial score (nSPS) is 12.0. The van der Waals surface area contributed by atoms with Gasteiger partial charge in [0.05, 0.1) is 23.6 Å². The summed E-state index contributed by atoms with van der Waals surface area (Å²) in [5.74, 6) is -1.45. The third kappa shape index (κ3) is 5.33. The summed E-state index contributed by atoms with van der Waals surface area (Å²) in [6.07, 6.45) is -5.61. The number of esters is 1. The molecule has 0 saturated heterocycles. The molecule has 0 N–H and O–H groups in total. The van der Waals surface area contributed by atoms with Crippen LogP contribution < -0.4 is 4.90 Å². The number of para-hydroxylation sites is 1. The maximum absolute atomic E-state index is 12.7. The van der Waals surface area contributed by atoms with Crippen molar-refractivity contribution in [3.63, 3.8) is 0 Å². The molecule has 2 aromatic rings. The topological polar surface area (TPSA) is 70.4 Å². The Morgan fingerprint density at radius 1 is 1.11 bits per heavy atom. The van der Waals surface area contributed by atoms with Gasteiger partial charge in [-0.15, -0.1) is 0 Å². The van der Waals surface area contributed by atoms with Gasteiger partial charge in [-0.25, -0.2) is 4.79 Å². The van der Waals surface area contributed by atoms with E-state index in [1.165, 1.54) is 11.8 Å². The number of ether oxygens (including phenoxy) is 1. The third-order valence-electron chi connectivity index (χ3n) is 3.86. The molecule has 8 heteroatoms. The number of rotatable bonds is 6. The van der Waals surface area contributed by atoms with E-state index in [-0.39, 0.29) is 18.5 Å². The second-order valence-corrected chi connectivity index (χ2v) is 5.86. The van der Waals surface area contributed by atoms with Gasteiger partial charge in [0, 0.05) is 12.2 Å². The lowest BCUT2D eigenvalue weighted by atomic mass is 10.1. The van der Waals surface area contributed by atoms with Crippen molar-refractivity contribution in [2.45, 2.75) is 25.6 Å². The van der Waals surface area contributed by atoms with Gasteiger partial charge in [-0.3, -0.25) is 4.79 Å². The van der Waals surface area contributed by atoms with Gasteiger partial charge < -0.3 is 9.64 Å². The Kier molecular flexibility index (Phi) is 6.77. The summed E-state index contributed by atoms with van der Waals surface area (Å²) in [6, 6.07) is 14.1. The smallest absolute Gasteiger partial charge is 0.416 e. The maximum atomic E-state index is 12.7. The Labute approximate surface area is 159 Å². The van der Waals surface area contributed by atoms with Gasteiger partial charge in [0.2, 0.25) is 0 Å². The molecule has 0 bridgehead atoms. The number of nitriles is 1. The predicted molar refractivity (Wildman–Crippen MR) is 95.3 cm³/mol. The van der Waals surface area contributed by atoms with Gasteiger partial charge in [-0.05, 0) is 43.3 Å². The molecule has 0 fully saturated rings. The van der Waals surface area contributed by atoms with Crippen LogP contribution in [0.1, 0.15) is 29.3 Å². The van der Waals surface area contributed by atoms with Crippen molar-refractivity contribution in [3.8, 4) is 6.07 Å². The van der Waals surface area contributed by atoms with E-state index in [0.29, 0.717) is 5.69 Å². The average Bonchev–Trinajstić information content (AvgIpc) is 2.68. The van der Waals surface area contributed by atoms with E-state index in [9.17, 15) is 22.8 Å². The number of anilines is 1. The second kappa shape index (κ2) is 9.04. The monoisotopic (exact) mass is 390 g/mol. The number of halogens is 3. The molecule has 0 aliphatic rings. The lowest BCUT2D eigenvalue weighted by Crippen LogP contribution is -2.40. The van der Waals surface area contributed by atoms with E-state index >= 15 is 0 Å². The zero-order valence-corrected chi connectivity index (χ0v) is 14.9. The molecule has 5 nitrogen and oxygen atoms in total. The minimum Gasteiger partial charge on any atom is -0.449 e. The van der Waals surface area contributed by atoms with Crippen molar-refractivity contribution >= 4 is 17.6 Å². The highest BCUT2D eigenvalue weighted by Gasteiger charge is 2.31. The second-order valence-electron chi connectivity index (χ2n) is 5.86. The molecule has 1 unspecified atom stereocenters. The third-order valence-corrected chi connectivity index (χ3v) is 3.86. The summed E-state index contributed by atoms with van der Waals surface area (Å²) in [5.41, 5.74) is -0.448. The minimum absolute atomic E-state index is 0.0835. The zero-order valence-electron chi connectivity index (χ0n) is 14.9. The standard InChI is InChI=1S/C20H17F3N2O3/c1-14(18(26)25(13-5-12-24)17-6-3-2-4-7-17)28-19(27)15-8-10-16(11-9-15)20(21,22)23/h2-4,6-11,14H,5,13H2,1H3. The minimum atomic E-state index is -4.51. The Morgan fingerprint density at radius 2 is 1.71 bits per heavy atom. The van der Waals surface area contributed by atoms with E-state index in [1.54, 1.807) is 30.3 Å². The fourth-order valence-corrected chi connectivity index (χ4v) is 2.43. The van der Waals surface area contributed by atoms with Gasteiger partial charge in [-0.1, -0.05) is 18.2 Å². The molecule has 1 atom stereocenters. The summed E-state index contributed by atoms with van der Waals surface area (Å²) in [5, 5.41) is 8.80. The van der Waals surface area contributed by atoms with Crippen LogP contribution in [-0.2, 0) is 15.7 Å². The van der Waals surface area contributed by atoms with Gasteiger partial charge in [-0.2, -0.15) is 18.4 Å². The quantitative estimate of drug-likeness (QED) is 0.694. The molecule has 0 saturated carbocycles. The molecule has 2 aromatic carbocycles. The molecule has 28 heavy (non-hydrogen) atoms. The van der Waals surface area contributed by atoms with Gasteiger partial charge >= 0.3 is 12.1 Å². The van der Waals surface area contributed by atoms with Gasteiger partial charge in [0.1, 0.15) is 0 Å². The van der Waals surface area contributed by atoms with E-state index in [2.05, 4.69) is 0 Å². The van der Waals surface area contributed by atoms with E-state index < -0.39 is 29.7 Å². The number of carbonyl (C=O) groups excluding carboxylic acids is 2. The largest absolute Gasteiger partial charge is 0.449 e. The number of carbonyl (C=O) groups is 2. The molecule has 0 aromatic heterocycles. The summed E-state index contributed by atoms with van der Waals surface area (Å²) in [6.45, 7) is 1.48. The molecule has 0 heterocycles. The summed E-state index contributed by atoms with van der Waals surface area (Å²) in [7, 11) is 0. The van der Waals surface area contributed by atoms with E-state index in [0.717, 1.165) is 24.3 Å². The van der Waals surface area contributed by atoms with Crippen LogP contribution in [0.4, 0.5) is 18.9 Å². The Hall–Kier alpha value is -3.34. The van der Waals surface area contributed by atoms with Crippen molar-refractivity contribution in [2.75, 3.05) is 11.4 Å². The molecular formula is C20H17F3N2O3. The first kappa shape index (κ1) is 21.0. The lowest BCUT2D eigenvalue weighted by Gasteiger charge is -2.25. The molecule has 1 amide bonds. The maximum Gasteiger partial charge on any atom is 0.416 e. The Balaban J connectivity index is 2.11. The first-order chi connectivity index (χ1) is 13.2. The number of nitrogens with zero attached hydrogens (tertiary/aromatic N) is 2. The molecule has 146 valence electrons. The lowest BCUT2D eigenvalue weighted by molar-refractivity contribution is -0.137. The molecule has 0 spiro atoms. The van der Waals surface area contributed by atoms with Crippen LogP contribution in [0.3, 0.4) is 0 Å². The number of alkyl halides is 3. The first-order valence-electron chi connectivity index (χ1n) is 8.35. The number of hydrogen-bond acceptors (Lipinski definition) is 4. The molecule has 0 aliphatic carbocycles. The van der Waals surface area contributed by atoms with Gasteiger partial charge in [0.15, 0.2) is 6.10 Å². The zero-order chi connectivity index (χ0) is 20.7. The number of amides is 1. The molecular weight excluding hydrogens is 373 g/mol. The number of benzene rings is 2. The van der Waals surface area contributed by atoms with Gasteiger partial charge in [0.25, 0.3) is 5.91 Å².